The highest BCUT2D eigenvalue weighted by molar-refractivity contribution is 5.17. The maximum atomic E-state index is 12.1. The predicted octanol–water partition coefficient (Wildman–Crippen LogP) is 3.31. The van der Waals surface area contributed by atoms with Crippen LogP contribution >= 0.6 is 0 Å². The average molecular weight is 218 g/mol. The molecule has 0 fully saturated rings. The Hall–Kier alpha value is -1.03. The molecule has 0 saturated carbocycles. The van der Waals surface area contributed by atoms with Crippen LogP contribution < -0.4 is 0 Å². The summed E-state index contributed by atoms with van der Waals surface area (Å²) in [5, 5.41) is 9.65. The van der Waals surface area contributed by atoms with Crippen LogP contribution in [0.2, 0.25) is 0 Å². The molecule has 2 unspecified atom stereocenters. The summed E-state index contributed by atoms with van der Waals surface area (Å²) >= 11 is 0. The molecule has 84 valence electrons. The minimum absolute atomic E-state index is 0.522. The molecular formula is C11H13F3O. The van der Waals surface area contributed by atoms with Gasteiger partial charge < -0.3 is 5.11 Å². The second-order valence-electron chi connectivity index (χ2n) is 3.65. The molecule has 0 bridgehead atoms. The van der Waals surface area contributed by atoms with Gasteiger partial charge in [-0.05, 0) is 11.5 Å². The predicted molar refractivity (Wildman–Crippen MR) is 51.2 cm³/mol. The normalized spacial score (nSPS) is 16.1. The van der Waals surface area contributed by atoms with Crippen molar-refractivity contribution >= 4 is 0 Å². The molecule has 2 atom stereocenters. The van der Waals surface area contributed by atoms with Crippen molar-refractivity contribution in [1.29, 1.82) is 0 Å². The van der Waals surface area contributed by atoms with E-state index in [1.807, 2.05) is 0 Å². The van der Waals surface area contributed by atoms with Crippen molar-refractivity contribution in [2.75, 3.05) is 0 Å². The Morgan fingerprint density at radius 2 is 1.73 bits per heavy atom. The Balaban J connectivity index is 2.65. The fourth-order valence-corrected chi connectivity index (χ4v) is 1.46. The number of aliphatic hydroxyl groups is 1. The molecule has 0 aliphatic rings. The van der Waals surface area contributed by atoms with Gasteiger partial charge in [-0.3, -0.25) is 0 Å². The van der Waals surface area contributed by atoms with Crippen LogP contribution in [0.15, 0.2) is 30.3 Å². The van der Waals surface area contributed by atoms with Crippen molar-refractivity contribution in [2.45, 2.75) is 25.6 Å². The molecule has 0 aliphatic heterocycles. The van der Waals surface area contributed by atoms with Crippen LogP contribution in [0, 0.1) is 5.92 Å². The average Bonchev–Trinajstić information content (AvgIpc) is 2.15. The molecule has 15 heavy (non-hydrogen) atoms. The van der Waals surface area contributed by atoms with Gasteiger partial charge in [-0.15, -0.1) is 0 Å². The fourth-order valence-electron chi connectivity index (χ4n) is 1.46. The van der Waals surface area contributed by atoms with Gasteiger partial charge in [0.1, 0.15) is 0 Å². The maximum absolute atomic E-state index is 12.1. The van der Waals surface area contributed by atoms with Crippen LogP contribution in [-0.4, -0.2) is 11.3 Å². The topological polar surface area (TPSA) is 20.2 Å². The van der Waals surface area contributed by atoms with Gasteiger partial charge in [-0.2, -0.15) is 13.2 Å². The molecule has 1 aromatic rings. The maximum Gasteiger partial charge on any atom is 0.389 e. The lowest BCUT2D eigenvalue weighted by atomic mass is 9.94. The highest BCUT2D eigenvalue weighted by Gasteiger charge is 2.33. The number of hydrogen-bond donors (Lipinski definition) is 1. The smallest absolute Gasteiger partial charge is 0.388 e. The minimum atomic E-state index is -4.23. The molecule has 0 spiro atoms. The van der Waals surface area contributed by atoms with E-state index in [1.54, 1.807) is 30.3 Å². The summed E-state index contributed by atoms with van der Waals surface area (Å²) < 4.78 is 36.2. The third-order valence-corrected chi connectivity index (χ3v) is 2.23. The van der Waals surface area contributed by atoms with Crippen molar-refractivity contribution in [2.24, 2.45) is 5.92 Å². The lowest BCUT2D eigenvalue weighted by Crippen LogP contribution is -2.18. The highest BCUT2D eigenvalue weighted by Crippen LogP contribution is 2.32. The number of hydrogen-bond acceptors (Lipinski definition) is 1. The van der Waals surface area contributed by atoms with Crippen LogP contribution in [0.1, 0.15) is 25.0 Å². The molecule has 4 heteroatoms. The molecule has 1 nitrogen and oxygen atoms in total. The van der Waals surface area contributed by atoms with Crippen molar-refractivity contribution in [1.82, 2.24) is 0 Å². The van der Waals surface area contributed by atoms with E-state index in [1.165, 1.54) is 6.92 Å². The van der Waals surface area contributed by atoms with Crippen molar-refractivity contribution in [3.05, 3.63) is 35.9 Å². The number of aliphatic hydroxyl groups excluding tert-OH is 1. The first-order valence-corrected chi connectivity index (χ1v) is 4.70. The molecule has 0 heterocycles. The molecule has 0 aromatic heterocycles. The Morgan fingerprint density at radius 1 is 1.20 bits per heavy atom. The molecule has 0 aliphatic carbocycles. The summed E-state index contributed by atoms with van der Waals surface area (Å²) in [4.78, 5) is 0. The van der Waals surface area contributed by atoms with Crippen LogP contribution in [-0.2, 0) is 0 Å². The number of halogens is 3. The van der Waals surface area contributed by atoms with E-state index < -0.39 is 24.6 Å². The van der Waals surface area contributed by atoms with Gasteiger partial charge in [0, 0.05) is 6.42 Å². The van der Waals surface area contributed by atoms with Gasteiger partial charge in [-0.1, -0.05) is 37.3 Å². The molecular weight excluding hydrogens is 205 g/mol. The number of alkyl halides is 3. The van der Waals surface area contributed by atoms with E-state index >= 15 is 0 Å². The summed E-state index contributed by atoms with van der Waals surface area (Å²) in [6.45, 7) is 1.39. The number of rotatable bonds is 3. The Labute approximate surface area is 86.5 Å². The van der Waals surface area contributed by atoms with Crippen LogP contribution in [0.4, 0.5) is 13.2 Å². The first kappa shape index (κ1) is 12.0. The van der Waals surface area contributed by atoms with E-state index in [-0.39, 0.29) is 0 Å². The molecule has 1 N–H and O–H groups in total. The molecule has 0 saturated heterocycles. The second kappa shape index (κ2) is 4.66. The van der Waals surface area contributed by atoms with E-state index in [2.05, 4.69) is 0 Å². The van der Waals surface area contributed by atoms with E-state index in [0.717, 1.165) is 0 Å². The lowest BCUT2D eigenvalue weighted by molar-refractivity contribution is -0.151. The van der Waals surface area contributed by atoms with Gasteiger partial charge in [0.05, 0.1) is 6.10 Å². The second-order valence-corrected chi connectivity index (χ2v) is 3.65. The van der Waals surface area contributed by atoms with Gasteiger partial charge >= 0.3 is 6.18 Å². The summed E-state index contributed by atoms with van der Waals surface area (Å²) in [7, 11) is 0. The molecule has 0 radical (unpaired) electrons. The summed E-state index contributed by atoms with van der Waals surface area (Å²) in [5.74, 6) is -0.826. The largest absolute Gasteiger partial charge is 0.389 e. The van der Waals surface area contributed by atoms with Crippen LogP contribution in [0.25, 0.3) is 0 Å². The third kappa shape index (κ3) is 3.91. The summed E-state index contributed by atoms with van der Waals surface area (Å²) in [6.07, 6.45) is -6.26. The van der Waals surface area contributed by atoms with Crippen molar-refractivity contribution < 1.29 is 18.3 Å². The Morgan fingerprint density at radius 3 is 2.20 bits per heavy atom. The lowest BCUT2D eigenvalue weighted by Gasteiger charge is -2.20. The Kier molecular flexibility index (Phi) is 3.74. The highest BCUT2D eigenvalue weighted by atomic mass is 19.4. The monoisotopic (exact) mass is 218 g/mol. The van der Waals surface area contributed by atoms with Gasteiger partial charge in [-0.25, -0.2) is 0 Å². The standard InChI is InChI=1S/C11H13F3O/c1-8(7-11(12,13)14)10(15)9-5-3-2-4-6-9/h2-6,8,10,15H,7H2,1H3. The summed E-state index contributed by atoms with van der Waals surface area (Å²) in [6, 6.07) is 8.39. The van der Waals surface area contributed by atoms with Gasteiger partial charge in [0.15, 0.2) is 0 Å². The Bertz CT molecular complexity index is 294. The molecule has 1 rings (SSSR count). The van der Waals surface area contributed by atoms with E-state index in [9.17, 15) is 18.3 Å². The van der Waals surface area contributed by atoms with Crippen LogP contribution in [0.3, 0.4) is 0 Å². The third-order valence-electron chi connectivity index (χ3n) is 2.23. The van der Waals surface area contributed by atoms with Gasteiger partial charge in [0.25, 0.3) is 0 Å². The zero-order valence-electron chi connectivity index (χ0n) is 8.33. The minimum Gasteiger partial charge on any atom is -0.388 e. The quantitative estimate of drug-likeness (QED) is 0.825. The van der Waals surface area contributed by atoms with E-state index in [4.69, 9.17) is 0 Å². The van der Waals surface area contributed by atoms with Gasteiger partial charge in [0.2, 0.25) is 0 Å². The van der Waals surface area contributed by atoms with Crippen molar-refractivity contribution in [3.63, 3.8) is 0 Å². The fraction of sp³-hybridized carbons (Fsp3) is 0.455. The summed E-state index contributed by atoms with van der Waals surface area (Å²) in [5.41, 5.74) is 0.522. The zero-order valence-corrected chi connectivity index (χ0v) is 8.33. The van der Waals surface area contributed by atoms with E-state index in [0.29, 0.717) is 5.56 Å². The molecule has 1 aromatic carbocycles. The SMILES string of the molecule is CC(CC(F)(F)F)C(O)c1ccccc1. The molecule has 0 amide bonds. The first-order valence-electron chi connectivity index (χ1n) is 4.70. The first-order chi connectivity index (χ1) is 6.90. The van der Waals surface area contributed by atoms with Crippen molar-refractivity contribution in [3.8, 4) is 0 Å². The van der Waals surface area contributed by atoms with Crippen LogP contribution in [0.5, 0.6) is 0 Å². The number of benzene rings is 1. The zero-order chi connectivity index (χ0) is 11.5.